The third kappa shape index (κ3) is 7.03. The summed E-state index contributed by atoms with van der Waals surface area (Å²) in [6.07, 6.45) is 4.63. The van der Waals surface area contributed by atoms with Crippen LogP contribution in [0.15, 0.2) is 77.7 Å². The molecule has 4 aromatic carbocycles. The van der Waals surface area contributed by atoms with Gasteiger partial charge < -0.3 is 9.80 Å². The normalized spacial score (nSPS) is 15.5. The number of piperidine rings is 1. The molecule has 1 aliphatic rings. The number of carbonyl (C=O) groups is 1. The van der Waals surface area contributed by atoms with Crippen LogP contribution in [0.25, 0.3) is 10.8 Å². The number of rotatable bonds is 9. The minimum atomic E-state index is -1.00. The van der Waals surface area contributed by atoms with Crippen LogP contribution in [-0.2, 0) is 10.8 Å². The third-order valence-electron chi connectivity index (χ3n) is 8.95. The fourth-order valence-corrected chi connectivity index (χ4v) is 7.61. The second kappa shape index (κ2) is 14.3. The van der Waals surface area contributed by atoms with Gasteiger partial charge in [0, 0.05) is 30.7 Å². The van der Waals surface area contributed by atoms with Gasteiger partial charge in [-0.1, -0.05) is 71.7 Å². The maximum absolute atomic E-state index is 14.0. The summed E-state index contributed by atoms with van der Waals surface area (Å²) < 4.78 is 12.3. The van der Waals surface area contributed by atoms with E-state index in [0.717, 1.165) is 60.1 Å². The van der Waals surface area contributed by atoms with E-state index in [1.54, 1.807) is 11.2 Å². The van der Waals surface area contributed by atoms with Crippen LogP contribution in [0, 0.1) is 18.3 Å². The summed E-state index contributed by atoms with van der Waals surface area (Å²) in [5.74, 6) is 0.335. The van der Waals surface area contributed by atoms with E-state index in [-0.39, 0.29) is 11.8 Å². The van der Waals surface area contributed by atoms with Crippen molar-refractivity contribution >= 4 is 50.7 Å². The number of likely N-dealkylation sites (N-methyl/N-ethyl adjacent to an activating group) is 1. The van der Waals surface area contributed by atoms with Crippen molar-refractivity contribution in [1.29, 1.82) is 5.26 Å². The van der Waals surface area contributed by atoms with Crippen molar-refractivity contribution in [3.8, 4) is 6.07 Å². The van der Waals surface area contributed by atoms with E-state index in [9.17, 15) is 14.3 Å². The number of hydrogen-bond acceptors (Lipinski definition) is 4. The summed E-state index contributed by atoms with van der Waals surface area (Å²) in [7, 11) is 0.831. The second-order valence-corrected chi connectivity index (χ2v) is 13.9. The molecule has 0 aromatic heterocycles. The molecule has 1 amide bonds. The molecule has 0 spiro atoms. The number of halogens is 2. The summed E-state index contributed by atoms with van der Waals surface area (Å²) in [4.78, 5) is 19.2. The van der Waals surface area contributed by atoms with Gasteiger partial charge in [-0.2, -0.15) is 5.26 Å². The summed E-state index contributed by atoms with van der Waals surface area (Å²) >= 11 is 12.7. The third-order valence-corrected chi connectivity index (χ3v) is 10.7. The van der Waals surface area contributed by atoms with E-state index >= 15 is 0 Å². The number of amides is 1. The van der Waals surface area contributed by atoms with Crippen molar-refractivity contribution in [3.05, 3.63) is 111 Å². The van der Waals surface area contributed by atoms with E-state index in [1.807, 2.05) is 80.7 Å². The van der Waals surface area contributed by atoms with Gasteiger partial charge in [0.25, 0.3) is 5.91 Å². The standard InChI is InChI=1S/C36H37Cl2N3O2S/c1-24-29(22-39)20-27-8-4-5-10-31(27)35(24)36(42)40(2)23-28(26-12-13-32(37)33(38)21-26)16-19-41-17-14-25(15-18-41)30-9-6-7-11-34(30)44(3)43/h4-13,20-21,25,28H,14-19,23H2,1-3H3/t28-,44?/m1/s1. The van der Waals surface area contributed by atoms with Crippen LogP contribution < -0.4 is 0 Å². The fraction of sp³-hybridized carbons (Fsp3) is 0.333. The molecule has 1 unspecified atom stereocenters. The first-order chi connectivity index (χ1) is 21.2. The van der Waals surface area contributed by atoms with Crippen LogP contribution in [0.5, 0.6) is 0 Å². The zero-order valence-corrected chi connectivity index (χ0v) is 27.7. The average Bonchev–Trinajstić information content (AvgIpc) is 3.04. The first kappa shape index (κ1) is 32.2. The van der Waals surface area contributed by atoms with E-state index < -0.39 is 10.8 Å². The molecule has 0 N–H and O–H groups in total. The molecule has 5 nitrogen and oxygen atoms in total. The Labute approximate surface area is 272 Å². The number of hydrogen-bond donors (Lipinski definition) is 0. The monoisotopic (exact) mass is 645 g/mol. The molecule has 1 fully saturated rings. The van der Waals surface area contributed by atoms with Gasteiger partial charge in [0.05, 0.1) is 38.0 Å². The number of nitriles is 1. The summed E-state index contributed by atoms with van der Waals surface area (Å²) in [5, 5.41) is 12.5. The maximum Gasteiger partial charge on any atom is 0.254 e. The van der Waals surface area contributed by atoms with Crippen molar-refractivity contribution in [2.45, 2.75) is 42.9 Å². The zero-order chi connectivity index (χ0) is 31.4. The molecule has 1 heterocycles. The highest BCUT2D eigenvalue weighted by atomic mass is 35.5. The summed E-state index contributed by atoms with van der Waals surface area (Å²) in [6, 6.07) is 25.7. The Bertz CT molecular complexity index is 1740. The summed E-state index contributed by atoms with van der Waals surface area (Å²) in [6.45, 7) is 5.15. The van der Waals surface area contributed by atoms with Crippen molar-refractivity contribution in [2.24, 2.45) is 0 Å². The minimum absolute atomic E-state index is 0.0328. The lowest BCUT2D eigenvalue weighted by Crippen LogP contribution is -2.36. The SMILES string of the molecule is Cc1c(C#N)cc2ccccc2c1C(=O)N(C)C[C@@H](CCN1CCC(c2ccccc2S(C)=O)CC1)c1ccc(Cl)c(Cl)c1. The molecular weight excluding hydrogens is 609 g/mol. The van der Waals surface area contributed by atoms with Crippen LogP contribution in [0.2, 0.25) is 10.0 Å². The number of benzene rings is 4. The van der Waals surface area contributed by atoms with Crippen molar-refractivity contribution in [2.75, 3.05) is 39.5 Å². The summed E-state index contributed by atoms with van der Waals surface area (Å²) in [5.41, 5.74) is 4.04. The molecule has 1 aliphatic heterocycles. The van der Waals surface area contributed by atoms with E-state index in [1.165, 1.54) is 5.56 Å². The smallest absolute Gasteiger partial charge is 0.254 e. The van der Waals surface area contributed by atoms with Crippen LogP contribution in [-0.4, -0.2) is 59.4 Å². The highest BCUT2D eigenvalue weighted by Crippen LogP contribution is 2.34. The Hall–Kier alpha value is -3.21. The molecule has 0 aliphatic carbocycles. The predicted octanol–water partition coefficient (Wildman–Crippen LogP) is 8.19. The number of nitrogens with zero attached hydrogens (tertiary/aromatic N) is 3. The number of carbonyl (C=O) groups excluding carboxylic acids is 1. The van der Waals surface area contributed by atoms with E-state index in [2.05, 4.69) is 17.0 Å². The largest absolute Gasteiger partial charge is 0.341 e. The first-order valence-corrected chi connectivity index (χ1v) is 17.3. The van der Waals surface area contributed by atoms with Gasteiger partial charge in [0.1, 0.15) is 0 Å². The lowest BCUT2D eigenvalue weighted by molar-refractivity contribution is 0.0783. The van der Waals surface area contributed by atoms with Gasteiger partial charge in [-0.05, 0) is 103 Å². The average molecular weight is 647 g/mol. The molecule has 0 bridgehead atoms. The van der Waals surface area contributed by atoms with Crippen LogP contribution in [0.1, 0.15) is 63.7 Å². The molecule has 1 saturated heterocycles. The van der Waals surface area contributed by atoms with Gasteiger partial charge in [-0.15, -0.1) is 0 Å². The highest BCUT2D eigenvalue weighted by Gasteiger charge is 2.26. The van der Waals surface area contributed by atoms with Gasteiger partial charge in [0.15, 0.2) is 0 Å². The van der Waals surface area contributed by atoms with Crippen molar-refractivity contribution < 1.29 is 9.00 Å². The Balaban J connectivity index is 1.33. The number of likely N-dealkylation sites (tertiary alicyclic amines) is 1. The Morgan fingerprint density at radius 2 is 1.75 bits per heavy atom. The lowest BCUT2D eigenvalue weighted by atomic mass is 9.88. The van der Waals surface area contributed by atoms with Crippen molar-refractivity contribution in [1.82, 2.24) is 9.80 Å². The number of fused-ring (bicyclic) bond motifs is 1. The molecule has 4 aromatic rings. The topological polar surface area (TPSA) is 64.4 Å². The van der Waals surface area contributed by atoms with Crippen molar-refractivity contribution in [3.63, 3.8) is 0 Å². The second-order valence-electron chi connectivity index (χ2n) is 11.7. The fourth-order valence-electron chi connectivity index (χ4n) is 6.46. The molecule has 0 radical (unpaired) electrons. The maximum atomic E-state index is 14.0. The Morgan fingerprint density at radius 1 is 1.05 bits per heavy atom. The van der Waals surface area contributed by atoms with Gasteiger partial charge in [-0.3, -0.25) is 9.00 Å². The molecule has 8 heteroatoms. The molecule has 44 heavy (non-hydrogen) atoms. The molecular formula is C36H37Cl2N3O2S. The van der Waals surface area contributed by atoms with E-state index in [4.69, 9.17) is 23.2 Å². The quantitative estimate of drug-likeness (QED) is 0.184. The lowest BCUT2D eigenvalue weighted by Gasteiger charge is -2.34. The molecule has 5 rings (SSSR count). The first-order valence-electron chi connectivity index (χ1n) is 15.0. The zero-order valence-electron chi connectivity index (χ0n) is 25.4. The molecule has 2 atom stereocenters. The van der Waals surface area contributed by atoms with Crippen LogP contribution in [0.3, 0.4) is 0 Å². The Kier molecular flexibility index (Phi) is 10.4. The van der Waals surface area contributed by atoms with Crippen LogP contribution >= 0.6 is 23.2 Å². The Morgan fingerprint density at radius 3 is 2.45 bits per heavy atom. The van der Waals surface area contributed by atoms with Gasteiger partial charge in [0.2, 0.25) is 0 Å². The molecule has 0 saturated carbocycles. The van der Waals surface area contributed by atoms with E-state index in [0.29, 0.717) is 39.2 Å². The van der Waals surface area contributed by atoms with Gasteiger partial charge in [-0.25, -0.2) is 0 Å². The predicted molar refractivity (Wildman–Crippen MR) is 181 cm³/mol. The van der Waals surface area contributed by atoms with Gasteiger partial charge >= 0.3 is 0 Å². The minimum Gasteiger partial charge on any atom is -0.341 e. The highest BCUT2D eigenvalue weighted by molar-refractivity contribution is 7.84. The molecule has 228 valence electrons. The van der Waals surface area contributed by atoms with Crippen LogP contribution in [0.4, 0.5) is 0 Å².